The number of aromatic nitrogens is 2. The van der Waals surface area contributed by atoms with E-state index in [4.69, 9.17) is 0 Å². The Hall–Kier alpha value is -4.06. The molecule has 0 saturated carbocycles. The number of carbonyl (C=O) groups excluding carboxylic acids is 1. The molecule has 3 N–H and O–H groups in total. The maximum atomic E-state index is 13.2. The molecule has 5 rings (SSSR count). The Kier molecular flexibility index (Phi) is 6.50. The van der Waals surface area contributed by atoms with Crippen molar-refractivity contribution in [3.8, 4) is 5.75 Å². The zero-order chi connectivity index (χ0) is 26.2. The molecular formula is C25H26F3N7O2. The van der Waals surface area contributed by atoms with Crippen LogP contribution in [0, 0.1) is 6.92 Å². The molecule has 2 aliphatic heterocycles. The van der Waals surface area contributed by atoms with Crippen LogP contribution in [0.25, 0.3) is 0 Å². The number of alkyl halides is 3. The van der Waals surface area contributed by atoms with E-state index in [1.807, 2.05) is 24.1 Å². The molecule has 9 nitrogen and oxygen atoms in total. The van der Waals surface area contributed by atoms with Gasteiger partial charge in [-0.25, -0.2) is 4.98 Å². The molecule has 0 aliphatic carbocycles. The van der Waals surface area contributed by atoms with E-state index in [2.05, 4.69) is 35.6 Å². The third kappa shape index (κ3) is 5.53. The van der Waals surface area contributed by atoms with Crippen LogP contribution in [0.15, 0.2) is 42.6 Å². The topological polar surface area (TPSA) is 94.7 Å². The molecule has 0 atom stereocenters. The van der Waals surface area contributed by atoms with Crippen molar-refractivity contribution in [2.45, 2.75) is 19.8 Å². The summed E-state index contributed by atoms with van der Waals surface area (Å²) in [6.07, 6.45) is -3.32. The lowest BCUT2D eigenvalue weighted by Gasteiger charge is -2.34. The van der Waals surface area contributed by atoms with Crippen molar-refractivity contribution in [2.75, 3.05) is 48.8 Å². The van der Waals surface area contributed by atoms with Crippen molar-refractivity contribution in [1.82, 2.24) is 20.2 Å². The number of piperazine rings is 1. The normalized spacial score (nSPS) is 15.8. The van der Waals surface area contributed by atoms with Crippen LogP contribution in [0.3, 0.4) is 0 Å². The molecule has 12 heteroatoms. The number of ether oxygens (including phenoxy) is 1. The Balaban J connectivity index is 1.42. The number of nitrogens with zero attached hydrogens (tertiary/aromatic N) is 4. The fraction of sp³-hybridized carbons (Fsp3) is 0.320. The molecule has 194 valence electrons. The highest BCUT2D eigenvalue weighted by molar-refractivity contribution is 6.04. The summed E-state index contributed by atoms with van der Waals surface area (Å²) in [5, 5.41) is 8.81. The molecule has 0 bridgehead atoms. The fourth-order valence-corrected chi connectivity index (χ4v) is 4.35. The van der Waals surface area contributed by atoms with Crippen LogP contribution in [0.4, 0.5) is 42.0 Å². The molecular weight excluding hydrogens is 487 g/mol. The van der Waals surface area contributed by atoms with Gasteiger partial charge in [-0.2, -0.15) is 4.98 Å². The number of anilines is 5. The third-order valence-corrected chi connectivity index (χ3v) is 6.35. The predicted octanol–water partition coefficient (Wildman–Crippen LogP) is 4.17. The minimum absolute atomic E-state index is 0.0736. The average molecular weight is 514 g/mol. The molecule has 37 heavy (non-hydrogen) atoms. The highest BCUT2D eigenvalue weighted by Crippen LogP contribution is 2.36. The molecule has 3 heterocycles. The number of likely N-dealkylation sites (N-methyl/N-ethyl adjacent to an activating group) is 1. The zero-order valence-electron chi connectivity index (χ0n) is 20.3. The molecule has 1 aromatic heterocycles. The highest BCUT2D eigenvalue weighted by atomic mass is 19.4. The monoisotopic (exact) mass is 513 g/mol. The first-order valence-electron chi connectivity index (χ1n) is 11.8. The Morgan fingerprint density at radius 2 is 1.84 bits per heavy atom. The SMILES string of the molecule is Cc1cnc(Nc2ccc(N3CCN(C)CC3)cc2OC(F)(F)F)nc1Nc1cccc2c1C(=O)NC2. The second kappa shape index (κ2) is 9.77. The zero-order valence-corrected chi connectivity index (χ0v) is 20.3. The first-order valence-corrected chi connectivity index (χ1v) is 11.8. The van der Waals surface area contributed by atoms with Crippen LogP contribution in [-0.2, 0) is 6.54 Å². The average Bonchev–Trinajstić information content (AvgIpc) is 3.23. The summed E-state index contributed by atoms with van der Waals surface area (Å²) in [4.78, 5) is 25.1. The second-order valence-corrected chi connectivity index (χ2v) is 9.02. The van der Waals surface area contributed by atoms with Crippen LogP contribution < -0.4 is 25.6 Å². The number of amides is 1. The Morgan fingerprint density at radius 3 is 2.59 bits per heavy atom. The number of halogens is 3. The standard InChI is InChI=1S/C25H26F3N7O2/c1-15-13-30-24(33-22(15)31-19-5-3-4-16-14-29-23(36)21(16)19)32-18-7-6-17(12-20(18)37-25(26,27)28)35-10-8-34(2)9-11-35/h3-7,12-13H,8-11,14H2,1-2H3,(H,29,36)(H2,30,31,32,33). The van der Waals surface area contributed by atoms with E-state index in [0.29, 0.717) is 48.0 Å². The molecule has 0 radical (unpaired) electrons. The van der Waals surface area contributed by atoms with Gasteiger partial charge in [-0.3, -0.25) is 4.79 Å². The van der Waals surface area contributed by atoms with Crippen molar-refractivity contribution >= 4 is 34.7 Å². The molecule has 2 aromatic carbocycles. The van der Waals surface area contributed by atoms with E-state index < -0.39 is 6.36 Å². The summed E-state index contributed by atoms with van der Waals surface area (Å²) < 4.78 is 44.1. The van der Waals surface area contributed by atoms with Crippen LogP contribution in [0.1, 0.15) is 21.5 Å². The molecule has 2 aliphatic rings. The molecule has 1 saturated heterocycles. The number of aryl methyl sites for hydroxylation is 1. The van der Waals surface area contributed by atoms with Gasteiger partial charge in [0.15, 0.2) is 5.75 Å². The summed E-state index contributed by atoms with van der Waals surface area (Å²) in [5.41, 5.74) is 3.40. The summed E-state index contributed by atoms with van der Waals surface area (Å²) in [6, 6.07) is 10.1. The van der Waals surface area contributed by atoms with Crippen molar-refractivity contribution in [1.29, 1.82) is 0 Å². The van der Waals surface area contributed by atoms with Crippen LogP contribution in [0.5, 0.6) is 5.75 Å². The first-order chi connectivity index (χ1) is 17.7. The van der Waals surface area contributed by atoms with E-state index in [1.54, 1.807) is 25.3 Å². The van der Waals surface area contributed by atoms with Crippen LogP contribution >= 0.6 is 0 Å². The number of fused-ring (bicyclic) bond motifs is 1. The smallest absolute Gasteiger partial charge is 0.403 e. The Morgan fingerprint density at radius 1 is 1.05 bits per heavy atom. The lowest BCUT2D eigenvalue weighted by Crippen LogP contribution is -2.44. The number of benzene rings is 2. The van der Waals surface area contributed by atoms with Crippen molar-refractivity contribution in [2.24, 2.45) is 0 Å². The van der Waals surface area contributed by atoms with Gasteiger partial charge in [0.1, 0.15) is 5.82 Å². The van der Waals surface area contributed by atoms with E-state index in [-0.39, 0.29) is 23.3 Å². The Labute approximate surface area is 211 Å². The van der Waals surface area contributed by atoms with E-state index in [0.717, 1.165) is 18.7 Å². The minimum Gasteiger partial charge on any atom is -0.403 e. The maximum Gasteiger partial charge on any atom is 0.573 e. The fourth-order valence-electron chi connectivity index (χ4n) is 4.35. The number of hydrogen-bond acceptors (Lipinski definition) is 8. The van der Waals surface area contributed by atoms with Gasteiger partial charge in [0, 0.05) is 56.2 Å². The molecule has 1 fully saturated rings. The van der Waals surface area contributed by atoms with Gasteiger partial charge in [-0.1, -0.05) is 12.1 Å². The lowest BCUT2D eigenvalue weighted by atomic mass is 10.1. The highest BCUT2D eigenvalue weighted by Gasteiger charge is 2.33. The lowest BCUT2D eigenvalue weighted by molar-refractivity contribution is -0.274. The summed E-state index contributed by atoms with van der Waals surface area (Å²) in [6.45, 7) is 5.27. The largest absolute Gasteiger partial charge is 0.573 e. The molecule has 0 unspecified atom stereocenters. The molecule has 0 spiro atoms. The van der Waals surface area contributed by atoms with Crippen molar-refractivity contribution in [3.05, 3.63) is 59.3 Å². The first kappa shape index (κ1) is 24.6. The predicted molar refractivity (Wildman–Crippen MR) is 134 cm³/mol. The summed E-state index contributed by atoms with van der Waals surface area (Å²) >= 11 is 0. The van der Waals surface area contributed by atoms with Crippen LogP contribution in [0.2, 0.25) is 0 Å². The van der Waals surface area contributed by atoms with Crippen molar-refractivity contribution < 1.29 is 22.7 Å². The van der Waals surface area contributed by atoms with E-state index >= 15 is 0 Å². The second-order valence-electron chi connectivity index (χ2n) is 9.02. The number of carbonyl (C=O) groups is 1. The quantitative estimate of drug-likeness (QED) is 0.452. The van der Waals surface area contributed by atoms with Gasteiger partial charge in [0.25, 0.3) is 5.91 Å². The van der Waals surface area contributed by atoms with E-state index in [9.17, 15) is 18.0 Å². The third-order valence-electron chi connectivity index (χ3n) is 6.35. The van der Waals surface area contributed by atoms with Gasteiger partial charge in [0.2, 0.25) is 5.95 Å². The maximum absolute atomic E-state index is 13.2. The molecule has 1 amide bonds. The number of hydrogen-bond donors (Lipinski definition) is 3. The Bertz CT molecular complexity index is 1320. The van der Waals surface area contributed by atoms with Crippen molar-refractivity contribution in [3.63, 3.8) is 0 Å². The van der Waals surface area contributed by atoms with Gasteiger partial charge in [-0.15, -0.1) is 13.2 Å². The number of rotatable bonds is 6. The van der Waals surface area contributed by atoms with Gasteiger partial charge < -0.3 is 30.5 Å². The summed E-state index contributed by atoms with van der Waals surface area (Å²) in [7, 11) is 2.01. The number of nitrogens with one attached hydrogen (secondary N) is 3. The van der Waals surface area contributed by atoms with Gasteiger partial charge in [-0.05, 0) is 37.7 Å². The van der Waals surface area contributed by atoms with Gasteiger partial charge in [0.05, 0.1) is 16.9 Å². The van der Waals surface area contributed by atoms with Gasteiger partial charge >= 0.3 is 6.36 Å². The van der Waals surface area contributed by atoms with E-state index in [1.165, 1.54) is 12.1 Å². The summed E-state index contributed by atoms with van der Waals surface area (Å²) in [5.74, 6) is -0.0693. The van der Waals surface area contributed by atoms with Crippen LogP contribution in [-0.4, -0.2) is 60.4 Å². The minimum atomic E-state index is -4.87. The molecule has 3 aromatic rings.